The molecule has 0 aliphatic carbocycles. The molecule has 2 heteroatoms. The van der Waals surface area contributed by atoms with Crippen LogP contribution in [-0.4, -0.2) is 0 Å². The lowest BCUT2D eigenvalue weighted by atomic mass is 10.0. The molecule has 9 rings (SSSR count). The van der Waals surface area contributed by atoms with Gasteiger partial charge in [0.05, 0.1) is 0 Å². The first-order valence-corrected chi connectivity index (χ1v) is 20.7. The molecule has 0 fully saturated rings. The molecule has 0 unspecified atom stereocenters. The smallest absolute Gasteiger partial charge is 0.0462 e. The van der Waals surface area contributed by atoms with Crippen LogP contribution in [0.25, 0.3) is 33.4 Å². The van der Waals surface area contributed by atoms with E-state index >= 15 is 0 Å². The third-order valence-corrected chi connectivity index (χ3v) is 14.3. The zero-order valence-electron chi connectivity index (χ0n) is 31.0. The van der Waals surface area contributed by atoms with Crippen LogP contribution in [0.15, 0.2) is 268 Å². The van der Waals surface area contributed by atoms with Crippen molar-refractivity contribution in [2.24, 2.45) is 0 Å². The summed E-state index contributed by atoms with van der Waals surface area (Å²) >= 11 is 0. The molecule has 0 aliphatic rings. The summed E-state index contributed by atoms with van der Waals surface area (Å²) < 4.78 is 0. The molecular formula is C54H41NS. The van der Waals surface area contributed by atoms with Crippen LogP contribution in [0.2, 0.25) is 0 Å². The largest absolute Gasteiger partial charge is 0.311 e. The van der Waals surface area contributed by atoms with Gasteiger partial charge in [-0.15, -0.1) is 10.0 Å². The molecular weight excluding hydrogens is 695 g/mol. The van der Waals surface area contributed by atoms with Gasteiger partial charge in [-0.2, -0.15) is 0 Å². The van der Waals surface area contributed by atoms with Gasteiger partial charge in [-0.25, -0.2) is 0 Å². The number of para-hydroxylation sites is 2. The van der Waals surface area contributed by atoms with Gasteiger partial charge >= 0.3 is 0 Å². The summed E-state index contributed by atoms with van der Waals surface area (Å²) in [6, 6.07) is 90.3. The Morgan fingerprint density at radius 1 is 0.196 bits per heavy atom. The molecule has 0 saturated carbocycles. The molecule has 268 valence electrons. The standard InChI is InChI=1S/C54H41NS/c1-6-16-42(17-7-1)43-26-28-44(29-27-43)46-32-38-53(39-33-46)56(51-22-12-4-13-23-51,52-24-14-5-15-25-52)54-40-34-47(35-41-54)45-30-36-50(37-31-45)55(48-18-8-2-9-19-48)49-20-10-3-11-21-49/h1-41H. The Hall–Kier alpha value is -6.87. The molecule has 56 heavy (non-hydrogen) atoms. The molecule has 0 aromatic heterocycles. The fourth-order valence-corrected chi connectivity index (χ4v) is 11.5. The van der Waals surface area contributed by atoms with Crippen molar-refractivity contribution in [1.82, 2.24) is 0 Å². The van der Waals surface area contributed by atoms with E-state index in [0.29, 0.717) is 0 Å². The Balaban J connectivity index is 1.09. The third kappa shape index (κ3) is 6.84. The Bertz CT molecular complexity index is 2530. The van der Waals surface area contributed by atoms with E-state index in [-0.39, 0.29) is 0 Å². The maximum absolute atomic E-state index is 2.36. The average Bonchev–Trinajstić information content (AvgIpc) is 3.29. The van der Waals surface area contributed by atoms with Crippen LogP contribution in [0, 0.1) is 0 Å². The van der Waals surface area contributed by atoms with E-state index < -0.39 is 10.0 Å². The van der Waals surface area contributed by atoms with E-state index in [1.54, 1.807) is 0 Å². The second kappa shape index (κ2) is 15.8. The van der Waals surface area contributed by atoms with Gasteiger partial charge in [0.1, 0.15) is 0 Å². The molecule has 0 atom stereocenters. The van der Waals surface area contributed by atoms with Crippen LogP contribution in [0.4, 0.5) is 17.1 Å². The van der Waals surface area contributed by atoms with Crippen LogP contribution in [0.1, 0.15) is 0 Å². The monoisotopic (exact) mass is 735 g/mol. The first kappa shape index (κ1) is 34.9. The van der Waals surface area contributed by atoms with Crippen LogP contribution < -0.4 is 4.90 Å². The van der Waals surface area contributed by atoms with E-state index in [4.69, 9.17) is 0 Å². The quantitative estimate of drug-likeness (QED) is 0.135. The summed E-state index contributed by atoms with van der Waals surface area (Å²) in [5, 5.41) is 0. The lowest BCUT2D eigenvalue weighted by Crippen LogP contribution is -2.09. The van der Waals surface area contributed by atoms with E-state index in [9.17, 15) is 0 Å². The Kier molecular flexibility index (Phi) is 9.87. The maximum Gasteiger partial charge on any atom is 0.0462 e. The van der Waals surface area contributed by atoms with Gasteiger partial charge in [-0.1, -0.05) is 164 Å². The van der Waals surface area contributed by atoms with Crippen LogP contribution in [0.5, 0.6) is 0 Å². The summed E-state index contributed by atoms with van der Waals surface area (Å²) in [6.45, 7) is 0. The Morgan fingerprint density at radius 2 is 0.429 bits per heavy atom. The van der Waals surface area contributed by atoms with Crippen molar-refractivity contribution in [3.05, 3.63) is 249 Å². The van der Waals surface area contributed by atoms with Crippen molar-refractivity contribution in [3.63, 3.8) is 0 Å². The minimum atomic E-state index is -1.84. The predicted molar refractivity (Wildman–Crippen MR) is 237 cm³/mol. The molecule has 0 N–H and O–H groups in total. The van der Waals surface area contributed by atoms with Crippen molar-refractivity contribution in [2.75, 3.05) is 4.90 Å². The summed E-state index contributed by atoms with van der Waals surface area (Å²) in [7, 11) is -1.84. The van der Waals surface area contributed by atoms with Crippen molar-refractivity contribution < 1.29 is 0 Å². The molecule has 9 aromatic rings. The van der Waals surface area contributed by atoms with Crippen molar-refractivity contribution in [3.8, 4) is 33.4 Å². The average molecular weight is 736 g/mol. The second-order valence-corrected chi connectivity index (χ2v) is 16.9. The number of hydrogen-bond donors (Lipinski definition) is 0. The molecule has 0 heterocycles. The molecule has 9 aromatic carbocycles. The number of anilines is 3. The zero-order valence-corrected chi connectivity index (χ0v) is 31.8. The van der Waals surface area contributed by atoms with E-state index in [1.165, 1.54) is 53.0 Å². The Labute approximate surface area is 332 Å². The third-order valence-electron chi connectivity index (χ3n) is 10.4. The summed E-state index contributed by atoms with van der Waals surface area (Å²) in [5.74, 6) is 0. The minimum absolute atomic E-state index is 1.12. The van der Waals surface area contributed by atoms with Crippen molar-refractivity contribution in [1.29, 1.82) is 0 Å². The van der Waals surface area contributed by atoms with Crippen LogP contribution in [0.3, 0.4) is 0 Å². The maximum atomic E-state index is 2.36. The highest BCUT2D eigenvalue weighted by Gasteiger charge is 2.33. The Morgan fingerprint density at radius 3 is 0.786 bits per heavy atom. The van der Waals surface area contributed by atoms with Gasteiger partial charge in [0, 0.05) is 36.6 Å². The van der Waals surface area contributed by atoms with Gasteiger partial charge in [0.25, 0.3) is 0 Å². The molecule has 1 nitrogen and oxygen atoms in total. The molecule has 0 radical (unpaired) electrons. The van der Waals surface area contributed by atoms with Crippen LogP contribution in [-0.2, 0) is 0 Å². The summed E-state index contributed by atoms with van der Waals surface area (Å²) in [4.78, 5) is 7.53. The lowest BCUT2D eigenvalue weighted by Gasteiger charge is -2.42. The van der Waals surface area contributed by atoms with E-state index in [1.807, 2.05) is 0 Å². The second-order valence-electron chi connectivity index (χ2n) is 13.8. The van der Waals surface area contributed by atoms with Crippen molar-refractivity contribution in [2.45, 2.75) is 19.6 Å². The number of hydrogen-bond acceptors (Lipinski definition) is 1. The molecule has 0 aliphatic heterocycles. The molecule has 0 saturated heterocycles. The van der Waals surface area contributed by atoms with E-state index in [2.05, 4.69) is 254 Å². The molecule has 0 spiro atoms. The highest BCUT2D eigenvalue weighted by atomic mass is 32.3. The topological polar surface area (TPSA) is 3.24 Å². The first-order chi connectivity index (χ1) is 27.8. The highest BCUT2D eigenvalue weighted by molar-refractivity contribution is 8.34. The minimum Gasteiger partial charge on any atom is -0.311 e. The highest BCUT2D eigenvalue weighted by Crippen LogP contribution is 2.73. The number of benzene rings is 9. The predicted octanol–water partition coefficient (Wildman–Crippen LogP) is 15.5. The van der Waals surface area contributed by atoms with E-state index in [0.717, 1.165) is 17.1 Å². The first-order valence-electron chi connectivity index (χ1n) is 19.1. The van der Waals surface area contributed by atoms with Crippen LogP contribution >= 0.6 is 10.0 Å². The lowest BCUT2D eigenvalue weighted by molar-refractivity contribution is 1.24. The normalized spacial score (nSPS) is 11.5. The summed E-state index contributed by atoms with van der Waals surface area (Å²) in [5.41, 5.74) is 10.6. The molecule has 0 amide bonds. The van der Waals surface area contributed by atoms with Gasteiger partial charge in [-0.3, -0.25) is 0 Å². The molecule has 0 bridgehead atoms. The summed E-state index contributed by atoms with van der Waals surface area (Å²) in [6.07, 6.45) is 0. The fraction of sp³-hybridized carbons (Fsp3) is 0. The number of rotatable bonds is 10. The van der Waals surface area contributed by atoms with Gasteiger partial charge in [0.15, 0.2) is 0 Å². The van der Waals surface area contributed by atoms with Gasteiger partial charge in [-0.05, 0) is 118 Å². The SMILES string of the molecule is c1ccc(-c2ccc(-c3ccc(S(c4ccccc4)(c4ccccc4)c4ccc(-c5ccc(N(c6ccccc6)c6ccccc6)cc5)cc4)cc3)cc2)cc1. The zero-order chi connectivity index (χ0) is 37.6. The number of nitrogens with zero attached hydrogens (tertiary/aromatic N) is 1. The van der Waals surface area contributed by atoms with Crippen molar-refractivity contribution >= 4 is 27.1 Å². The van der Waals surface area contributed by atoms with Gasteiger partial charge in [0.2, 0.25) is 0 Å². The van der Waals surface area contributed by atoms with Gasteiger partial charge < -0.3 is 4.90 Å². The fourth-order valence-electron chi connectivity index (χ4n) is 7.66.